The minimum absolute atomic E-state index is 1.22. The highest BCUT2D eigenvalue weighted by Crippen LogP contribution is 2.37. The van der Waals surface area contributed by atoms with E-state index in [4.69, 9.17) is 0 Å². The van der Waals surface area contributed by atoms with Gasteiger partial charge in [-0.1, -0.05) is 145 Å². The van der Waals surface area contributed by atoms with E-state index in [-0.39, 0.29) is 0 Å². The maximum Gasteiger partial charge on any atom is 0.0361 e. The Hall–Kier alpha value is -5.02. The first-order chi connectivity index (χ1) is 22.5. The van der Waals surface area contributed by atoms with Crippen LogP contribution in [0.5, 0.6) is 0 Å². The molecule has 0 radical (unpaired) electrons. The van der Waals surface area contributed by atoms with E-state index in [0.29, 0.717) is 0 Å². The first-order valence-electron chi connectivity index (χ1n) is 15.6. The van der Waals surface area contributed by atoms with Crippen molar-refractivity contribution >= 4 is 99.5 Å². The summed E-state index contributed by atoms with van der Waals surface area (Å²) in [6.07, 6.45) is 13.3. The van der Waals surface area contributed by atoms with Crippen LogP contribution in [0.15, 0.2) is 121 Å². The SMILES string of the molecule is Cc1ccc(/C=C/c2ccc3c(c2)sc2cc(/C=C/c4ccc5c(c4)sc4cc(/C=C/c6ccc(C)cc6)ccc45)ccc23)cc1. The molecule has 0 amide bonds. The predicted molar refractivity (Wildman–Crippen MR) is 208 cm³/mol. The molecule has 0 atom stereocenters. The summed E-state index contributed by atoms with van der Waals surface area (Å²) in [4.78, 5) is 0. The van der Waals surface area contributed by atoms with E-state index >= 15 is 0 Å². The molecule has 6 aromatic carbocycles. The van der Waals surface area contributed by atoms with E-state index < -0.39 is 0 Å². The molecule has 0 saturated carbocycles. The number of hydrogen-bond acceptors (Lipinski definition) is 2. The summed E-state index contributed by atoms with van der Waals surface area (Å²) in [6.45, 7) is 4.24. The molecule has 0 spiro atoms. The van der Waals surface area contributed by atoms with E-state index in [2.05, 4.69) is 172 Å². The van der Waals surface area contributed by atoms with Crippen LogP contribution in [0.4, 0.5) is 0 Å². The molecule has 0 aliphatic rings. The van der Waals surface area contributed by atoms with Crippen LogP contribution in [-0.4, -0.2) is 0 Å². The zero-order valence-electron chi connectivity index (χ0n) is 25.8. The van der Waals surface area contributed by atoms with Gasteiger partial charge in [-0.3, -0.25) is 0 Å². The highest BCUT2D eigenvalue weighted by atomic mass is 32.1. The molecule has 2 heteroatoms. The van der Waals surface area contributed by atoms with E-state index in [1.165, 1.54) is 84.9 Å². The van der Waals surface area contributed by atoms with Gasteiger partial charge in [0.2, 0.25) is 0 Å². The van der Waals surface area contributed by atoms with Gasteiger partial charge in [0, 0.05) is 40.3 Å². The average Bonchev–Trinajstić information content (AvgIpc) is 3.63. The first kappa shape index (κ1) is 28.5. The van der Waals surface area contributed by atoms with Crippen molar-refractivity contribution in [2.75, 3.05) is 0 Å². The smallest absolute Gasteiger partial charge is 0.0361 e. The van der Waals surface area contributed by atoms with Gasteiger partial charge < -0.3 is 0 Å². The molecule has 0 N–H and O–H groups in total. The van der Waals surface area contributed by atoms with Crippen molar-refractivity contribution in [3.63, 3.8) is 0 Å². The van der Waals surface area contributed by atoms with Gasteiger partial charge in [-0.15, -0.1) is 22.7 Å². The Labute approximate surface area is 277 Å². The topological polar surface area (TPSA) is 0 Å². The summed E-state index contributed by atoms with van der Waals surface area (Å²) in [5.41, 5.74) is 9.92. The molecular formula is C44H32S2. The van der Waals surface area contributed by atoms with Crippen molar-refractivity contribution in [2.24, 2.45) is 0 Å². The quantitative estimate of drug-likeness (QED) is 0.161. The second kappa shape index (κ2) is 12.1. The molecule has 8 aromatic rings. The van der Waals surface area contributed by atoms with Crippen LogP contribution in [0, 0.1) is 13.8 Å². The van der Waals surface area contributed by atoms with Crippen LogP contribution in [-0.2, 0) is 0 Å². The number of benzene rings is 6. The third kappa shape index (κ3) is 5.86. The molecule has 46 heavy (non-hydrogen) atoms. The van der Waals surface area contributed by atoms with Crippen LogP contribution >= 0.6 is 22.7 Å². The third-order valence-corrected chi connectivity index (χ3v) is 10.8. The summed E-state index contributed by atoms with van der Waals surface area (Å²) >= 11 is 3.74. The Morgan fingerprint density at radius 1 is 0.304 bits per heavy atom. The maximum atomic E-state index is 2.32. The Bertz CT molecular complexity index is 2290. The summed E-state index contributed by atoms with van der Waals surface area (Å²) in [7, 11) is 0. The van der Waals surface area contributed by atoms with Crippen LogP contribution < -0.4 is 0 Å². The molecule has 0 nitrogen and oxygen atoms in total. The molecule has 0 fully saturated rings. The third-order valence-electron chi connectivity index (χ3n) is 8.60. The highest BCUT2D eigenvalue weighted by molar-refractivity contribution is 7.26. The number of aryl methyl sites for hydroxylation is 2. The van der Waals surface area contributed by atoms with Gasteiger partial charge in [-0.25, -0.2) is 0 Å². The second-order valence-corrected chi connectivity index (χ2v) is 14.2. The summed E-state index contributed by atoms with van der Waals surface area (Å²) in [5, 5.41) is 5.30. The lowest BCUT2D eigenvalue weighted by molar-refractivity contribution is 1.46. The molecule has 0 aliphatic carbocycles. The summed E-state index contributed by atoms with van der Waals surface area (Å²) < 4.78 is 5.30. The van der Waals surface area contributed by atoms with Crippen molar-refractivity contribution in [3.05, 3.63) is 166 Å². The molecule has 0 aliphatic heterocycles. The Balaban J connectivity index is 1.02. The minimum Gasteiger partial charge on any atom is -0.135 e. The fourth-order valence-corrected chi connectivity index (χ4v) is 8.37. The number of fused-ring (bicyclic) bond motifs is 6. The van der Waals surface area contributed by atoms with E-state index in [1.807, 2.05) is 22.7 Å². The lowest BCUT2D eigenvalue weighted by atomic mass is 10.1. The molecule has 8 rings (SSSR count). The molecule has 0 unspecified atom stereocenters. The van der Waals surface area contributed by atoms with Gasteiger partial charge in [0.15, 0.2) is 0 Å². The second-order valence-electron chi connectivity index (χ2n) is 12.0. The van der Waals surface area contributed by atoms with Gasteiger partial charge in [0.25, 0.3) is 0 Å². The Morgan fingerprint density at radius 3 is 0.826 bits per heavy atom. The summed E-state index contributed by atoms with van der Waals surface area (Å²) in [6, 6.07) is 44.6. The van der Waals surface area contributed by atoms with Gasteiger partial charge in [0.1, 0.15) is 0 Å². The van der Waals surface area contributed by atoms with E-state index in [1.54, 1.807) is 0 Å². The van der Waals surface area contributed by atoms with Gasteiger partial charge >= 0.3 is 0 Å². The standard InChI is InChI=1S/C44H32S2/c1-29-3-7-31(8-4-29)11-13-33-17-21-37-39-23-19-35(27-43(39)45-41(37)25-33)15-16-36-20-24-40-38-22-18-34(26-42(38)46-44(40)28-36)14-12-32-9-5-30(2)6-10-32/h3-28H,1-2H3/b13-11+,14-12+,16-15+. The molecule has 0 bridgehead atoms. The molecule has 0 saturated heterocycles. The monoisotopic (exact) mass is 624 g/mol. The Morgan fingerprint density at radius 2 is 0.543 bits per heavy atom. The molecule has 2 heterocycles. The lowest BCUT2D eigenvalue weighted by Crippen LogP contribution is -1.75. The zero-order chi connectivity index (χ0) is 31.0. The first-order valence-corrected chi connectivity index (χ1v) is 17.3. The largest absolute Gasteiger partial charge is 0.135 e. The van der Waals surface area contributed by atoms with Gasteiger partial charge in [-0.05, 0) is 71.5 Å². The van der Waals surface area contributed by atoms with E-state index in [0.717, 1.165) is 0 Å². The van der Waals surface area contributed by atoms with Crippen LogP contribution in [0.2, 0.25) is 0 Å². The normalized spacial score (nSPS) is 12.3. The predicted octanol–water partition coefficient (Wildman–Crippen LogP) is 13.6. The Kier molecular flexibility index (Phi) is 7.46. The van der Waals surface area contributed by atoms with Crippen LogP contribution in [0.1, 0.15) is 44.5 Å². The lowest BCUT2D eigenvalue weighted by Gasteiger charge is -1.98. The van der Waals surface area contributed by atoms with Crippen LogP contribution in [0.25, 0.3) is 76.8 Å². The van der Waals surface area contributed by atoms with Gasteiger partial charge in [0.05, 0.1) is 0 Å². The number of hydrogen-bond donors (Lipinski definition) is 0. The highest BCUT2D eigenvalue weighted by Gasteiger charge is 2.08. The number of thiophene rings is 2. The minimum atomic E-state index is 1.22. The van der Waals surface area contributed by atoms with Crippen molar-refractivity contribution < 1.29 is 0 Å². The number of rotatable bonds is 6. The van der Waals surface area contributed by atoms with Crippen molar-refractivity contribution in [2.45, 2.75) is 13.8 Å². The molecular weight excluding hydrogens is 593 g/mol. The van der Waals surface area contributed by atoms with Crippen molar-refractivity contribution in [1.29, 1.82) is 0 Å². The van der Waals surface area contributed by atoms with E-state index in [9.17, 15) is 0 Å². The van der Waals surface area contributed by atoms with Crippen molar-refractivity contribution in [3.8, 4) is 0 Å². The van der Waals surface area contributed by atoms with Crippen molar-refractivity contribution in [1.82, 2.24) is 0 Å². The summed E-state index contributed by atoms with van der Waals surface area (Å²) in [5.74, 6) is 0. The van der Waals surface area contributed by atoms with Crippen LogP contribution in [0.3, 0.4) is 0 Å². The average molecular weight is 625 g/mol. The fourth-order valence-electron chi connectivity index (χ4n) is 5.97. The van der Waals surface area contributed by atoms with Gasteiger partial charge in [-0.2, -0.15) is 0 Å². The fraction of sp³-hybridized carbons (Fsp3) is 0.0455. The zero-order valence-corrected chi connectivity index (χ0v) is 27.5. The maximum absolute atomic E-state index is 2.32. The molecule has 220 valence electrons. The molecule has 2 aromatic heterocycles.